The van der Waals surface area contributed by atoms with Gasteiger partial charge < -0.3 is 5.32 Å². The Hall–Kier alpha value is -3.69. The van der Waals surface area contributed by atoms with Gasteiger partial charge in [-0.25, -0.2) is 13.7 Å². The monoisotopic (exact) mass is 413 g/mol. The fourth-order valence-corrected chi connectivity index (χ4v) is 3.40. The third-order valence-electron chi connectivity index (χ3n) is 4.97. The number of carbonyl (C=O) groups excluding carboxylic acids is 3. The number of carbonyl (C=O) groups is 3. The molecule has 2 heterocycles. The number of halogens is 2. The van der Waals surface area contributed by atoms with Crippen LogP contribution in [-0.2, 0) is 20.8 Å². The van der Waals surface area contributed by atoms with Gasteiger partial charge in [0.15, 0.2) is 23.7 Å². The summed E-state index contributed by atoms with van der Waals surface area (Å²) in [5.41, 5.74) is 1.60. The second kappa shape index (κ2) is 7.62. The van der Waals surface area contributed by atoms with Gasteiger partial charge in [0.2, 0.25) is 5.91 Å². The van der Waals surface area contributed by atoms with Crippen molar-refractivity contribution in [3.05, 3.63) is 59.7 Å². The van der Waals surface area contributed by atoms with E-state index in [9.17, 15) is 23.2 Å². The lowest BCUT2D eigenvalue weighted by molar-refractivity contribution is -0.123. The van der Waals surface area contributed by atoms with Crippen LogP contribution in [0.15, 0.2) is 52.8 Å². The van der Waals surface area contributed by atoms with Crippen molar-refractivity contribution in [3.63, 3.8) is 0 Å². The average molecular weight is 413 g/mol. The van der Waals surface area contributed by atoms with Crippen LogP contribution < -0.4 is 10.2 Å². The van der Waals surface area contributed by atoms with E-state index in [0.717, 1.165) is 40.1 Å². The summed E-state index contributed by atoms with van der Waals surface area (Å²) in [5.74, 6) is -4.13. The molecule has 2 aliphatic heterocycles. The molecular formula is C20H17F2N5O3. The Morgan fingerprint density at radius 2 is 1.80 bits per heavy atom. The van der Waals surface area contributed by atoms with Gasteiger partial charge in [-0.3, -0.25) is 19.4 Å². The van der Waals surface area contributed by atoms with Crippen molar-refractivity contribution in [2.24, 2.45) is 10.3 Å². The normalized spacial score (nSPS) is 20.1. The van der Waals surface area contributed by atoms with E-state index in [1.165, 1.54) is 0 Å². The summed E-state index contributed by atoms with van der Waals surface area (Å²) in [6.07, 6.45) is 0.871. The van der Waals surface area contributed by atoms with E-state index in [4.69, 9.17) is 0 Å². The lowest BCUT2D eigenvalue weighted by Crippen LogP contribution is -2.43. The van der Waals surface area contributed by atoms with Crippen LogP contribution >= 0.6 is 0 Å². The second-order valence-electron chi connectivity index (χ2n) is 6.90. The van der Waals surface area contributed by atoms with E-state index in [1.54, 1.807) is 12.1 Å². The van der Waals surface area contributed by atoms with Crippen LogP contribution in [0.1, 0.15) is 12.5 Å². The molecule has 154 valence electrons. The Kier molecular flexibility index (Phi) is 4.98. The molecule has 8 nitrogen and oxygen atoms in total. The third kappa shape index (κ3) is 3.40. The number of anilines is 2. The standard InChI is InChI=1S/C20H17F2N5O3/c1-2-11-3-5-12(6-4-11)23-16(28)10-26-18-17(24-25-26)19(29)27(20(18)30)13-7-8-14(21)15(22)9-13/h3-9,17-18H,2,10H2,1H3,(H,23,28)/t17-,18+/m1/s1. The van der Waals surface area contributed by atoms with Crippen molar-refractivity contribution >= 4 is 29.1 Å². The highest BCUT2D eigenvalue weighted by Crippen LogP contribution is 2.32. The highest BCUT2D eigenvalue weighted by Gasteiger charge is 2.55. The van der Waals surface area contributed by atoms with Gasteiger partial charge in [-0.05, 0) is 36.2 Å². The maximum atomic E-state index is 13.6. The first-order chi connectivity index (χ1) is 14.4. The smallest absolute Gasteiger partial charge is 0.263 e. The van der Waals surface area contributed by atoms with Gasteiger partial charge in [-0.1, -0.05) is 24.3 Å². The predicted molar refractivity (Wildman–Crippen MR) is 102 cm³/mol. The van der Waals surface area contributed by atoms with E-state index in [1.807, 2.05) is 19.1 Å². The Morgan fingerprint density at radius 1 is 1.07 bits per heavy atom. The summed E-state index contributed by atoms with van der Waals surface area (Å²) >= 11 is 0. The molecule has 2 aromatic rings. The van der Waals surface area contributed by atoms with E-state index >= 15 is 0 Å². The van der Waals surface area contributed by atoms with Gasteiger partial charge >= 0.3 is 0 Å². The first kappa shape index (κ1) is 19.6. The molecule has 0 aliphatic carbocycles. The zero-order valence-electron chi connectivity index (χ0n) is 15.9. The minimum absolute atomic E-state index is 0.103. The first-order valence-electron chi connectivity index (χ1n) is 9.28. The number of aryl methyl sites for hydroxylation is 1. The molecule has 1 saturated heterocycles. The van der Waals surface area contributed by atoms with E-state index in [2.05, 4.69) is 15.7 Å². The van der Waals surface area contributed by atoms with Gasteiger partial charge in [0.1, 0.15) is 6.54 Å². The molecule has 30 heavy (non-hydrogen) atoms. The number of nitrogens with one attached hydrogen (secondary N) is 1. The summed E-state index contributed by atoms with van der Waals surface area (Å²) in [6, 6.07) is 7.78. The van der Waals surface area contributed by atoms with Gasteiger partial charge in [-0.2, -0.15) is 5.11 Å². The van der Waals surface area contributed by atoms with Gasteiger partial charge in [-0.15, -0.1) is 0 Å². The molecule has 10 heteroatoms. The maximum Gasteiger partial charge on any atom is 0.263 e. The average Bonchev–Trinajstić information content (AvgIpc) is 3.24. The molecule has 1 fully saturated rings. The summed E-state index contributed by atoms with van der Waals surface area (Å²) in [4.78, 5) is 38.5. The number of hydrogen-bond acceptors (Lipinski definition) is 6. The molecular weight excluding hydrogens is 396 g/mol. The number of benzene rings is 2. The molecule has 0 radical (unpaired) electrons. The third-order valence-corrected chi connectivity index (χ3v) is 4.97. The zero-order valence-corrected chi connectivity index (χ0v) is 15.9. The summed E-state index contributed by atoms with van der Waals surface area (Å²) in [5, 5.41) is 11.4. The minimum atomic E-state index is -1.18. The molecule has 3 amide bonds. The number of nitrogens with zero attached hydrogens (tertiary/aromatic N) is 4. The fraction of sp³-hybridized carbons (Fsp3) is 0.250. The molecule has 2 aromatic carbocycles. The van der Waals surface area contributed by atoms with E-state index in [0.29, 0.717) is 5.69 Å². The van der Waals surface area contributed by atoms with Gasteiger partial charge in [0.25, 0.3) is 11.8 Å². The second-order valence-corrected chi connectivity index (χ2v) is 6.90. The van der Waals surface area contributed by atoms with Crippen LogP contribution in [0, 0.1) is 11.6 Å². The largest absolute Gasteiger partial charge is 0.324 e. The highest BCUT2D eigenvalue weighted by atomic mass is 19.2. The molecule has 0 saturated carbocycles. The molecule has 4 rings (SSSR count). The summed E-state index contributed by atoms with van der Waals surface area (Å²) < 4.78 is 26.7. The Labute approximate surface area is 170 Å². The van der Waals surface area contributed by atoms with Crippen molar-refractivity contribution in [3.8, 4) is 0 Å². The number of fused-ring (bicyclic) bond motifs is 1. The first-order valence-corrected chi connectivity index (χ1v) is 9.28. The zero-order chi connectivity index (χ0) is 21.4. The van der Waals surface area contributed by atoms with Crippen molar-refractivity contribution in [2.75, 3.05) is 16.8 Å². The molecule has 0 unspecified atom stereocenters. The number of amides is 3. The van der Waals surface area contributed by atoms with Crippen molar-refractivity contribution in [1.29, 1.82) is 0 Å². The molecule has 0 aromatic heterocycles. The predicted octanol–water partition coefficient (Wildman–Crippen LogP) is 2.46. The molecule has 0 spiro atoms. The SMILES string of the molecule is CCc1ccc(NC(=O)CN2N=N[C@H]3C(=O)N(c4ccc(F)c(F)c4)C(=O)[C@H]32)cc1. The topological polar surface area (TPSA) is 94.4 Å². The van der Waals surface area contributed by atoms with Crippen molar-refractivity contribution in [2.45, 2.75) is 25.4 Å². The summed E-state index contributed by atoms with van der Waals surface area (Å²) in [6.45, 7) is 1.72. The lowest BCUT2D eigenvalue weighted by atomic mass is 10.1. The molecule has 2 aliphatic rings. The molecule has 2 atom stereocenters. The van der Waals surface area contributed by atoms with Crippen molar-refractivity contribution in [1.82, 2.24) is 5.01 Å². The highest BCUT2D eigenvalue weighted by molar-refractivity contribution is 6.25. The lowest BCUT2D eigenvalue weighted by Gasteiger charge is -2.20. The minimum Gasteiger partial charge on any atom is -0.324 e. The van der Waals surface area contributed by atoms with Crippen LogP contribution in [0.25, 0.3) is 0 Å². The van der Waals surface area contributed by atoms with Gasteiger partial charge in [0.05, 0.1) is 5.69 Å². The number of hydrogen-bond donors (Lipinski definition) is 1. The van der Waals surface area contributed by atoms with Crippen LogP contribution in [0.3, 0.4) is 0 Å². The quantitative estimate of drug-likeness (QED) is 0.762. The molecule has 0 bridgehead atoms. The fourth-order valence-electron chi connectivity index (χ4n) is 3.40. The van der Waals surface area contributed by atoms with Crippen LogP contribution in [0.4, 0.5) is 20.2 Å². The van der Waals surface area contributed by atoms with Crippen LogP contribution in [0.5, 0.6) is 0 Å². The Balaban J connectivity index is 1.47. The Bertz CT molecular complexity index is 1060. The number of rotatable bonds is 5. The van der Waals surface area contributed by atoms with E-state index in [-0.39, 0.29) is 12.2 Å². The summed E-state index contributed by atoms with van der Waals surface area (Å²) in [7, 11) is 0. The van der Waals surface area contributed by atoms with Gasteiger partial charge in [0, 0.05) is 11.8 Å². The van der Waals surface area contributed by atoms with Crippen LogP contribution in [-0.4, -0.2) is 41.4 Å². The van der Waals surface area contributed by atoms with Crippen molar-refractivity contribution < 1.29 is 23.2 Å². The Morgan fingerprint density at radius 3 is 2.47 bits per heavy atom. The van der Waals surface area contributed by atoms with Crippen LogP contribution in [0.2, 0.25) is 0 Å². The van der Waals surface area contributed by atoms with E-state index < -0.39 is 41.4 Å². The number of imide groups is 1. The molecule has 1 N–H and O–H groups in total. The maximum absolute atomic E-state index is 13.6.